The Balaban J connectivity index is 1.71. The Morgan fingerprint density at radius 2 is 2.09 bits per heavy atom. The van der Waals surface area contributed by atoms with Crippen molar-refractivity contribution in [3.63, 3.8) is 0 Å². The van der Waals surface area contributed by atoms with Gasteiger partial charge in [0.05, 0.1) is 16.3 Å². The van der Waals surface area contributed by atoms with Crippen LogP contribution in [0.3, 0.4) is 0 Å². The van der Waals surface area contributed by atoms with Gasteiger partial charge in [-0.05, 0) is 48.4 Å². The molecule has 0 fully saturated rings. The highest BCUT2D eigenvalue weighted by Crippen LogP contribution is 2.17. The number of aromatic nitrogens is 2. The number of halogens is 1. The molecule has 116 valence electrons. The van der Waals surface area contributed by atoms with Gasteiger partial charge in [0.25, 0.3) is 5.91 Å². The lowest BCUT2D eigenvalue weighted by atomic mass is 10.1. The number of amides is 1. The molecule has 0 radical (unpaired) electrons. The predicted molar refractivity (Wildman–Crippen MR) is 90.9 cm³/mol. The summed E-state index contributed by atoms with van der Waals surface area (Å²) in [4.78, 5) is 12.3. The molecule has 3 rings (SSSR count). The lowest BCUT2D eigenvalue weighted by Crippen LogP contribution is -2.23. The first-order valence-electron chi connectivity index (χ1n) is 7.27. The molecular formula is C18H16ClN3O. The summed E-state index contributed by atoms with van der Waals surface area (Å²) in [6.07, 6.45) is 3.61. The number of carbonyl (C=O) groups is 1. The Morgan fingerprint density at radius 1 is 1.22 bits per heavy atom. The van der Waals surface area contributed by atoms with Gasteiger partial charge in [-0.3, -0.25) is 4.79 Å². The zero-order valence-corrected chi connectivity index (χ0v) is 13.4. The average Bonchev–Trinajstić information content (AvgIpc) is 3.07. The van der Waals surface area contributed by atoms with Crippen molar-refractivity contribution in [2.75, 3.05) is 0 Å². The van der Waals surface area contributed by atoms with Gasteiger partial charge in [0, 0.05) is 18.9 Å². The molecule has 1 amide bonds. The Morgan fingerprint density at radius 3 is 2.83 bits per heavy atom. The van der Waals surface area contributed by atoms with Crippen LogP contribution in [0, 0.1) is 6.92 Å². The minimum absolute atomic E-state index is 0.181. The maximum Gasteiger partial charge on any atom is 0.253 e. The smallest absolute Gasteiger partial charge is 0.253 e. The highest BCUT2D eigenvalue weighted by molar-refractivity contribution is 6.33. The van der Waals surface area contributed by atoms with Crippen molar-refractivity contribution in [2.24, 2.45) is 0 Å². The summed E-state index contributed by atoms with van der Waals surface area (Å²) in [6.45, 7) is 2.37. The summed E-state index contributed by atoms with van der Waals surface area (Å²) in [6, 6.07) is 15.1. The molecule has 0 saturated heterocycles. The molecule has 3 aromatic rings. The molecule has 1 heterocycles. The molecule has 23 heavy (non-hydrogen) atoms. The Kier molecular flexibility index (Phi) is 4.44. The number of aryl methyl sites for hydroxylation is 1. The van der Waals surface area contributed by atoms with E-state index in [0.717, 1.165) is 16.8 Å². The Bertz CT molecular complexity index is 828. The number of rotatable bonds is 4. The fourth-order valence-corrected chi connectivity index (χ4v) is 2.63. The molecular weight excluding hydrogens is 310 g/mol. The monoisotopic (exact) mass is 325 g/mol. The summed E-state index contributed by atoms with van der Waals surface area (Å²) >= 11 is 6.13. The van der Waals surface area contributed by atoms with E-state index in [-0.39, 0.29) is 5.91 Å². The van der Waals surface area contributed by atoms with Crippen molar-refractivity contribution in [3.8, 4) is 5.69 Å². The van der Waals surface area contributed by atoms with Crippen LogP contribution >= 0.6 is 11.6 Å². The van der Waals surface area contributed by atoms with E-state index in [1.54, 1.807) is 23.0 Å². The molecule has 0 unspecified atom stereocenters. The molecule has 0 aliphatic carbocycles. The van der Waals surface area contributed by atoms with E-state index in [4.69, 9.17) is 11.6 Å². The third kappa shape index (κ3) is 3.60. The van der Waals surface area contributed by atoms with E-state index < -0.39 is 0 Å². The Labute approximate surface area is 139 Å². The molecule has 0 aliphatic rings. The average molecular weight is 326 g/mol. The predicted octanol–water partition coefficient (Wildman–Crippen LogP) is 3.76. The third-order valence-electron chi connectivity index (χ3n) is 3.50. The van der Waals surface area contributed by atoms with Crippen LogP contribution < -0.4 is 5.32 Å². The number of nitrogens with one attached hydrogen (secondary N) is 1. The van der Waals surface area contributed by atoms with Crippen LogP contribution in [0.1, 0.15) is 21.5 Å². The zero-order chi connectivity index (χ0) is 16.2. The molecule has 1 N–H and O–H groups in total. The van der Waals surface area contributed by atoms with Crippen LogP contribution in [0.25, 0.3) is 5.69 Å². The van der Waals surface area contributed by atoms with Crippen molar-refractivity contribution in [3.05, 3.63) is 82.6 Å². The van der Waals surface area contributed by atoms with E-state index in [1.807, 2.05) is 49.5 Å². The molecule has 0 bridgehead atoms. The maximum absolute atomic E-state index is 12.3. The largest absolute Gasteiger partial charge is 0.348 e. The normalized spacial score (nSPS) is 10.5. The number of benzene rings is 2. The highest BCUT2D eigenvalue weighted by Gasteiger charge is 2.10. The molecule has 0 saturated carbocycles. The van der Waals surface area contributed by atoms with E-state index in [0.29, 0.717) is 17.1 Å². The lowest BCUT2D eigenvalue weighted by Gasteiger charge is -2.09. The van der Waals surface area contributed by atoms with Gasteiger partial charge in [0.2, 0.25) is 0 Å². The minimum atomic E-state index is -0.181. The number of carbonyl (C=O) groups excluding carboxylic acids is 1. The van der Waals surface area contributed by atoms with Crippen LogP contribution in [0.2, 0.25) is 5.02 Å². The first-order chi connectivity index (χ1) is 11.1. The topological polar surface area (TPSA) is 46.9 Å². The summed E-state index contributed by atoms with van der Waals surface area (Å²) in [5, 5.41) is 7.56. The number of hydrogen-bond donors (Lipinski definition) is 1. The Hall–Kier alpha value is -2.59. The quantitative estimate of drug-likeness (QED) is 0.793. The van der Waals surface area contributed by atoms with Crippen molar-refractivity contribution in [2.45, 2.75) is 13.5 Å². The van der Waals surface area contributed by atoms with Crippen molar-refractivity contribution in [1.29, 1.82) is 0 Å². The van der Waals surface area contributed by atoms with E-state index in [1.165, 1.54) is 0 Å². The summed E-state index contributed by atoms with van der Waals surface area (Å²) < 4.78 is 1.78. The minimum Gasteiger partial charge on any atom is -0.348 e. The SMILES string of the molecule is Cc1ccc(C(=O)NCc2cccc(-n3cccn3)c2)c(Cl)c1. The molecule has 0 spiro atoms. The standard InChI is InChI=1S/C18H16ClN3O/c1-13-6-7-16(17(19)10-13)18(23)20-12-14-4-2-5-15(11-14)22-9-3-8-21-22/h2-11H,12H2,1H3,(H,20,23). The van der Waals surface area contributed by atoms with E-state index in [2.05, 4.69) is 10.4 Å². The number of nitrogens with zero attached hydrogens (tertiary/aromatic N) is 2. The second kappa shape index (κ2) is 6.67. The summed E-state index contributed by atoms with van der Waals surface area (Å²) in [5.41, 5.74) is 3.46. The van der Waals surface area contributed by atoms with Gasteiger partial charge < -0.3 is 5.32 Å². The molecule has 0 aliphatic heterocycles. The van der Waals surface area contributed by atoms with Gasteiger partial charge in [0.15, 0.2) is 0 Å². The van der Waals surface area contributed by atoms with Crippen LogP contribution in [0.5, 0.6) is 0 Å². The van der Waals surface area contributed by atoms with Gasteiger partial charge in [-0.25, -0.2) is 4.68 Å². The first-order valence-corrected chi connectivity index (χ1v) is 7.64. The summed E-state index contributed by atoms with van der Waals surface area (Å²) in [7, 11) is 0. The fraction of sp³-hybridized carbons (Fsp3) is 0.111. The van der Waals surface area contributed by atoms with E-state index >= 15 is 0 Å². The van der Waals surface area contributed by atoms with E-state index in [9.17, 15) is 4.79 Å². The molecule has 1 aromatic heterocycles. The zero-order valence-electron chi connectivity index (χ0n) is 12.7. The number of hydrogen-bond acceptors (Lipinski definition) is 2. The lowest BCUT2D eigenvalue weighted by molar-refractivity contribution is 0.0951. The molecule has 2 aromatic carbocycles. The second-order valence-electron chi connectivity index (χ2n) is 5.29. The van der Waals surface area contributed by atoms with Gasteiger partial charge in [-0.1, -0.05) is 29.8 Å². The molecule has 0 atom stereocenters. The summed E-state index contributed by atoms with van der Waals surface area (Å²) in [5.74, 6) is -0.181. The third-order valence-corrected chi connectivity index (χ3v) is 3.81. The maximum atomic E-state index is 12.3. The highest BCUT2D eigenvalue weighted by atomic mass is 35.5. The van der Waals surface area contributed by atoms with Gasteiger partial charge in [-0.15, -0.1) is 0 Å². The van der Waals surface area contributed by atoms with Crippen LogP contribution in [0.15, 0.2) is 60.9 Å². The van der Waals surface area contributed by atoms with Crippen LogP contribution in [-0.2, 0) is 6.54 Å². The van der Waals surface area contributed by atoms with Crippen molar-refractivity contribution in [1.82, 2.24) is 15.1 Å². The van der Waals surface area contributed by atoms with Gasteiger partial charge >= 0.3 is 0 Å². The van der Waals surface area contributed by atoms with Gasteiger partial charge in [0.1, 0.15) is 0 Å². The molecule has 5 heteroatoms. The van der Waals surface area contributed by atoms with Crippen LogP contribution in [0.4, 0.5) is 0 Å². The van der Waals surface area contributed by atoms with Crippen molar-refractivity contribution >= 4 is 17.5 Å². The van der Waals surface area contributed by atoms with Crippen molar-refractivity contribution < 1.29 is 4.79 Å². The second-order valence-corrected chi connectivity index (χ2v) is 5.69. The molecule has 4 nitrogen and oxygen atoms in total. The fourth-order valence-electron chi connectivity index (χ4n) is 2.31. The van der Waals surface area contributed by atoms with Crippen LogP contribution in [-0.4, -0.2) is 15.7 Å². The first kappa shape index (κ1) is 15.3. The van der Waals surface area contributed by atoms with Gasteiger partial charge in [-0.2, -0.15) is 5.10 Å².